The summed E-state index contributed by atoms with van der Waals surface area (Å²) in [6.45, 7) is 0. The number of rotatable bonds is 3. The molecule has 0 bridgehead atoms. The van der Waals surface area contributed by atoms with Gasteiger partial charge in [-0.25, -0.2) is 0 Å². The van der Waals surface area contributed by atoms with Gasteiger partial charge in [0.2, 0.25) is 0 Å². The second-order valence-corrected chi connectivity index (χ2v) is 12.4. The molecule has 49 heavy (non-hydrogen) atoms. The summed E-state index contributed by atoms with van der Waals surface area (Å²) < 4.78 is 78.2. The van der Waals surface area contributed by atoms with Gasteiger partial charge in [0, 0.05) is 31.3 Å². The molecule has 1 aromatic heterocycles. The van der Waals surface area contributed by atoms with E-state index in [2.05, 4.69) is 170 Å². The van der Waals surface area contributed by atoms with Crippen LogP contribution in [0.15, 0.2) is 174 Å². The van der Waals surface area contributed by atoms with E-state index in [4.69, 9.17) is 25.0 Å². The molecule has 0 spiro atoms. The molecule has 1 heterocycles. The quantitative estimate of drug-likeness (QED) is 0.136. The van der Waals surface area contributed by atoms with E-state index < -0.39 is 0 Å². The molecule has 1 nitrogen and oxygen atoms in total. The lowest BCUT2D eigenvalue weighted by Crippen LogP contribution is -1.90. The second kappa shape index (κ2) is 11.8. The van der Waals surface area contributed by atoms with Gasteiger partial charge in [0.15, 0.2) is 0 Å². The van der Waals surface area contributed by atoms with E-state index >= 15 is 0 Å². The van der Waals surface area contributed by atoms with Crippen molar-refractivity contribution in [2.24, 2.45) is 0 Å². The summed E-state index contributed by atoms with van der Waals surface area (Å²) in [5.74, 6) is 0. The predicted molar refractivity (Wildman–Crippen MR) is 226 cm³/mol. The van der Waals surface area contributed by atoms with Gasteiger partial charge < -0.3 is 4.42 Å². The third-order valence-corrected chi connectivity index (χ3v) is 9.83. The average molecular weight is 655 g/mol. The van der Waals surface area contributed by atoms with Crippen molar-refractivity contribution < 1.29 is 25.0 Å². The summed E-state index contributed by atoms with van der Waals surface area (Å²) in [7, 11) is 2.50. The van der Waals surface area contributed by atoms with Crippen LogP contribution in [0.25, 0.3) is 98.4 Å². The van der Waals surface area contributed by atoms with E-state index in [1.54, 1.807) is 0 Å². The zero-order chi connectivity index (χ0) is 46.9. The van der Waals surface area contributed by atoms with Crippen LogP contribution in [-0.4, -0.2) is 0 Å². The van der Waals surface area contributed by atoms with E-state index in [9.17, 15) is 0 Å². The number of hydrogen-bond acceptors (Lipinski definition) is 1. The highest BCUT2D eigenvalue weighted by molar-refractivity contribution is 6.22. The van der Waals surface area contributed by atoms with Gasteiger partial charge in [0.05, 0.1) is 0 Å². The van der Waals surface area contributed by atoms with Crippen molar-refractivity contribution in [1.29, 1.82) is 0 Å². The van der Waals surface area contributed by atoms with Gasteiger partial charge >= 0.3 is 0 Å². The van der Waals surface area contributed by atoms with Crippen LogP contribution >= 0.6 is 0 Å². The number of furan rings is 1. The van der Waals surface area contributed by atoms with Gasteiger partial charge in [-0.2, -0.15) is 0 Å². The molecule has 1 heteroatoms. The van der Waals surface area contributed by atoms with Crippen molar-refractivity contribution in [1.82, 2.24) is 0 Å². The molecule has 246 valence electrons. The van der Waals surface area contributed by atoms with Crippen LogP contribution in [0.2, 0.25) is 0 Å². The van der Waals surface area contributed by atoms with E-state index in [0.29, 0.717) is 0 Å². The lowest BCUT2D eigenvalue weighted by atomic mass is 9.86. The van der Waals surface area contributed by atoms with E-state index in [-0.39, 0.29) is 0 Å². The zero-order valence-electron chi connectivity index (χ0n) is 41.6. The molecule has 0 unspecified atom stereocenters. The minimum absolute atomic E-state index is 0.901. The van der Waals surface area contributed by atoms with Crippen molar-refractivity contribution in [3.63, 3.8) is 0 Å². The topological polar surface area (TPSA) is 13.1 Å². The Labute approximate surface area is 308 Å². The summed E-state index contributed by atoms with van der Waals surface area (Å²) >= 11 is 0. The van der Waals surface area contributed by atoms with Crippen molar-refractivity contribution in [2.75, 3.05) is 0 Å². The molecule has 0 aliphatic rings. The van der Waals surface area contributed by atoms with Gasteiger partial charge in [-0.15, -0.1) is 0 Å². The second-order valence-electron chi connectivity index (χ2n) is 12.4. The Morgan fingerprint density at radius 3 is 1.43 bits per heavy atom. The summed E-state index contributed by atoms with van der Waals surface area (Å²) in [6.07, 6.45) is 0. The molecule has 0 fully saturated rings. The van der Waals surface area contributed by atoms with Crippen LogP contribution in [0.5, 0.6) is 0 Å². The first-order valence-corrected chi connectivity index (χ1v) is 16.2. The van der Waals surface area contributed by atoms with Crippen molar-refractivity contribution in [3.8, 4) is 33.4 Å². The molecule has 0 amide bonds. The van der Waals surface area contributed by atoms with Crippen LogP contribution in [0.3, 0.4) is 0 Å². The van der Waals surface area contributed by atoms with E-state index in [1.807, 2.05) is 0 Å². The maximum Gasteiger partial charge on any atom is 0.136 e. The van der Waals surface area contributed by atoms with Gasteiger partial charge in [-0.3, -0.25) is 0 Å². The maximum atomic E-state index is 6.69. The normalized spacial score (nSPS) is 12.6. The van der Waals surface area contributed by atoms with Crippen LogP contribution in [-0.2, 0) is 0 Å². The zero-order valence-corrected chi connectivity index (χ0v) is 27.6. The Morgan fingerprint density at radius 1 is 0.367 bits per heavy atom. The van der Waals surface area contributed by atoms with Crippen LogP contribution in [0.1, 0.15) is 35.4 Å². The Balaban J connectivity index is 0.000000775. The standard InChI is InChI=1S/C46H28O.2CH4.6H2/c1-2-12-29(13-3-1)45-38-18-8-10-20-40(38)46(41-21-11-9-19-39(41)45)32-23-25-37-36-24-22-31(27-43(36)47-44(37)28-32)42-26-30-14-4-5-15-33(30)34-16-6-7-17-35(34)42;;;;;;;;/h1-28H;2*1H4;6*1H/i;2*1D;6*1+1D. The molecule has 0 saturated heterocycles. The highest BCUT2D eigenvalue weighted by atomic mass is 16.3. The third-order valence-electron chi connectivity index (χ3n) is 9.83. The first-order valence-electron chi connectivity index (χ1n) is 24.2. The molecular formula is C48H48O. The van der Waals surface area contributed by atoms with Gasteiger partial charge in [0.25, 0.3) is 0 Å². The molecule has 0 N–H and O–H groups in total. The SMILES string of the molecule is [2H]C.[2H]C.[2H][2H].[2H][2H].[2H][2H].[2H][2H].[2H][2H].[2H][2H].c1ccc(-c2c3ccccc3c(-c3ccc4c(c3)oc3cc(-c5cc6ccccc6c6ccccc56)ccc34)c3ccccc23)cc1. The average Bonchev–Trinajstić information content (AvgIpc) is 3.77. The van der Waals surface area contributed by atoms with E-state index in [0.717, 1.165) is 33.1 Å². The summed E-state index contributed by atoms with van der Waals surface area (Å²) in [5, 5.41) is 12.3. The molecule has 0 aliphatic carbocycles. The molecule has 0 aliphatic heterocycles. The highest BCUT2D eigenvalue weighted by Gasteiger charge is 2.18. The first kappa shape index (κ1) is 22.4. The van der Waals surface area contributed by atoms with Crippen LogP contribution in [0.4, 0.5) is 0 Å². The van der Waals surface area contributed by atoms with Crippen LogP contribution in [0, 0.1) is 0 Å². The molecule has 0 saturated carbocycles. The fourth-order valence-electron chi connectivity index (χ4n) is 7.75. The fourth-order valence-corrected chi connectivity index (χ4v) is 7.75. The Morgan fingerprint density at radius 2 is 0.816 bits per heavy atom. The van der Waals surface area contributed by atoms with Crippen molar-refractivity contribution in [3.05, 3.63) is 170 Å². The fraction of sp³-hybridized carbons (Fsp3) is 0.0417. The predicted octanol–water partition coefficient (Wildman–Crippen LogP) is 15.9. The third kappa shape index (κ3) is 4.62. The lowest BCUT2D eigenvalue weighted by Gasteiger charge is -2.17. The molecule has 0 radical (unpaired) electrons. The van der Waals surface area contributed by atoms with Gasteiger partial charge in [-0.05, 0) is 107 Å². The molecule has 9 aromatic carbocycles. The number of benzene rings is 9. The summed E-state index contributed by atoms with van der Waals surface area (Å²) in [4.78, 5) is 0. The largest absolute Gasteiger partial charge is 0.456 e. The number of fused-ring (bicyclic) bond motifs is 8. The van der Waals surface area contributed by atoms with Gasteiger partial charge in [-0.1, -0.05) is 154 Å². The Kier molecular flexibility index (Phi) is 5.40. The van der Waals surface area contributed by atoms with Gasteiger partial charge in [0.1, 0.15) is 11.2 Å². The minimum Gasteiger partial charge on any atom is -0.456 e. The lowest BCUT2D eigenvalue weighted by molar-refractivity contribution is 0.669. The van der Waals surface area contributed by atoms with Crippen molar-refractivity contribution >= 4 is 65.0 Å². The molecule has 10 aromatic rings. The molecule has 10 rings (SSSR count). The monoisotopic (exact) mass is 654 g/mol. The minimum atomic E-state index is 0.901. The summed E-state index contributed by atoms with van der Waals surface area (Å²) in [5.41, 5.74) is 9.09. The molecule has 0 atom stereocenters. The smallest absolute Gasteiger partial charge is 0.136 e. The maximum absolute atomic E-state index is 6.69. The number of hydrogen-bond donors (Lipinski definition) is 0. The van der Waals surface area contributed by atoms with E-state index in [1.165, 1.54) is 80.1 Å². The highest BCUT2D eigenvalue weighted by Crippen LogP contribution is 2.45. The summed E-state index contributed by atoms with van der Waals surface area (Å²) in [6, 6.07) is 61.4. The first-order chi connectivity index (χ1) is 31.3. The Bertz CT molecular complexity index is 2830. The Hall–Kier alpha value is -6.18. The van der Waals surface area contributed by atoms with Crippen LogP contribution < -0.4 is 0 Å². The molecular weight excluding hydrogens is 593 g/mol. The van der Waals surface area contributed by atoms with Crippen molar-refractivity contribution in [2.45, 2.75) is 14.8 Å².